The van der Waals surface area contributed by atoms with Gasteiger partial charge in [0.25, 0.3) is 0 Å². The third-order valence-corrected chi connectivity index (χ3v) is 4.61. The van der Waals surface area contributed by atoms with Gasteiger partial charge in [-0.3, -0.25) is 0 Å². The molecule has 0 atom stereocenters. The van der Waals surface area contributed by atoms with E-state index in [0.717, 1.165) is 6.54 Å². The fourth-order valence-electron chi connectivity index (χ4n) is 1.53. The molecule has 0 aliphatic carbocycles. The normalized spacial score (nSPS) is 12.1. The van der Waals surface area contributed by atoms with E-state index < -0.39 is 0 Å². The van der Waals surface area contributed by atoms with E-state index in [9.17, 15) is 0 Å². The lowest BCUT2D eigenvalue weighted by Gasteiger charge is -2.20. The fourth-order valence-corrected chi connectivity index (χ4v) is 3.17. The minimum atomic E-state index is 0.253. The highest BCUT2D eigenvalue weighted by Crippen LogP contribution is 2.27. The molecule has 1 aromatic heterocycles. The summed E-state index contributed by atoms with van der Waals surface area (Å²) >= 11 is 5.47. The Kier molecular flexibility index (Phi) is 5.48. The lowest BCUT2D eigenvalue weighted by atomic mass is 10.1. The lowest BCUT2D eigenvalue weighted by molar-refractivity contribution is 0.419. The molecule has 0 unspecified atom stereocenters. The van der Waals surface area contributed by atoms with Crippen LogP contribution >= 0.6 is 27.3 Å². The summed E-state index contributed by atoms with van der Waals surface area (Å²) in [6.45, 7) is 9.93. The maximum absolute atomic E-state index is 3.56. The van der Waals surface area contributed by atoms with Crippen LogP contribution in [0.15, 0.2) is 10.5 Å². The fraction of sp³-hybridized carbons (Fsp3) is 0.692. The smallest absolute Gasteiger partial charge is 0.0314 e. The van der Waals surface area contributed by atoms with E-state index in [1.165, 1.54) is 33.5 Å². The predicted molar refractivity (Wildman–Crippen MR) is 77.4 cm³/mol. The van der Waals surface area contributed by atoms with Crippen molar-refractivity contribution in [1.29, 1.82) is 0 Å². The summed E-state index contributed by atoms with van der Waals surface area (Å²) in [4.78, 5) is 2.89. The van der Waals surface area contributed by atoms with E-state index in [0.29, 0.717) is 0 Å². The van der Waals surface area contributed by atoms with Crippen molar-refractivity contribution in [2.75, 3.05) is 6.54 Å². The number of thiophene rings is 1. The Morgan fingerprint density at radius 3 is 2.50 bits per heavy atom. The second-order valence-corrected chi connectivity index (χ2v) is 7.45. The first-order valence-electron chi connectivity index (χ1n) is 5.88. The van der Waals surface area contributed by atoms with Crippen LogP contribution in [0.5, 0.6) is 0 Å². The van der Waals surface area contributed by atoms with Crippen molar-refractivity contribution in [3.05, 3.63) is 20.3 Å². The maximum Gasteiger partial charge on any atom is 0.0314 e. The molecule has 0 radical (unpaired) electrons. The first-order valence-corrected chi connectivity index (χ1v) is 7.49. The van der Waals surface area contributed by atoms with Gasteiger partial charge in [-0.2, -0.15) is 0 Å². The molecule has 0 amide bonds. The molecule has 92 valence electrons. The minimum absolute atomic E-state index is 0.253. The second kappa shape index (κ2) is 6.18. The second-order valence-electron chi connectivity index (χ2n) is 5.25. The summed E-state index contributed by atoms with van der Waals surface area (Å²) in [5.74, 6) is 0. The van der Waals surface area contributed by atoms with E-state index in [1.54, 1.807) is 0 Å². The van der Waals surface area contributed by atoms with Crippen molar-refractivity contribution in [3.63, 3.8) is 0 Å². The average molecular weight is 304 g/mol. The SMILES string of the molecule is Cc1sc(CCCCNC(C)(C)C)cc1Br. The number of halogens is 1. The lowest BCUT2D eigenvalue weighted by Crippen LogP contribution is -2.36. The molecule has 0 saturated heterocycles. The highest BCUT2D eigenvalue weighted by atomic mass is 79.9. The Morgan fingerprint density at radius 1 is 1.31 bits per heavy atom. The molecule has 0 bridgehead atoms. The summed E-state index contributed by atoms with van der Waals surface area (Å²) in [6.07, 6.45) is 3.74. The molecule has 0 spiro atoms. The first-order chi connectivity index (χ1) is 7.38. The molecule has 0 aliphatic heterocycles. The Labute approximate surface area is 112 Å². The maximum atomic E-state index is 3.56. The third kappa shape index (κ3) is 5.46. The summed E-state index contributed by atoms with van der Waals surface area (Å²) in [6, 6.07) is 2.26. The average Bonchev–Trinajstić information content (AvgIpc) is 2.44. The van der Waals surface area contributed by atoms with Gasteiger partial charge >= 0.3 is 0 Å². The molecule has 1 heterocycles. The number of unbranched alkanes of at least 4 members (excludes halogenated alkanes) is 1. The van der Waals surface area contributed by atoms with Crippen molar-refractivity contribution in [3.8, 4) is 0 Å². The molecule has 0 aromatic carbocycles. The van der Waals surface area contributed by atoms with Gasteiger partial charge in [0.15, 0.2) is 0 Å². The number of rotatable bonds is 5. The van der Waals surface area contributed by atoms with Crippen LogP contribution in [0.3, 0.4) is 0 Å². The van der Waals surface area contributed by atoms with E-state index >= 15 is 0 Å². The Balaban J connectivity index is 2.16. The van der Waals surface area contributed by atoms with Crippen LogP contribution in [0.25, 0.3) is 0 Å². The molecule has 1 aromatic rings. The molecule has 0 aliphatic rings. The van der Waals surface area contributed by atoms with Crippen LogP contribution in [0, 0.1) is 6.92 Å². The molecule has 0 saturated carbocycles. The Hall–Kier alpha value is 0.140. The molecule has 1 N–H and O–H groups in total. The molecule has 3 heteroatoms. The van der Waals surface area contributed by atoms with Gasteiger partial charge in [-0.25, -0.2) is 0 Å². The Morgan fingerprint density at radius 2 is 2.00 bits per heavy atom. The van der Waals surface area contributed by atoms with Gasteiger partial charge < -0.3 is 5.32 Å². The topological polar surface area (TPSA) is 12.0 Å². The monoisotopic (exact) mass is 303 g/mol. The van der Waals surface area contributed by atoms with E-state index in [-0.39, 0.29) is 5.54 Å². The van der Waals surface area contributed by atoms with Gasteiger partial charge in [-0.1, -0.05) is 0 Å². The van der Waals surface area contributed by atoms with E-state index in [1.807, 2.05) is 11.3 Å². The quantitative estimate of drug-likeness (QED) is 0.788. The van der Waals surface area contributed by atoms with E-state index in [4.69, 9.17) is 0 Å². The van der Waals surface area contributed by atoms with Gasteiger partial charge in [0.2, 0.25) is 0 Å². The number of aryl methyl sites for hydroxylation is 2. The highest BCUT2D eigenvalue weighted by molar-refractivity contribution is 9.10. The van der Waals surface area contributed by atoms with Crippen molar-refractivity contribution in [2.24, 2.45) is 0 Å². The zero-order valence-electron chi connectivity index (χ0n) is 10.7. The molecular weight excluding hydrogens is 282 g/mol. The standard InChI is InChI=1S/C13H22BrNS/c1-10-12(14)9-11(16-10)7-5-6-8-15-13(2,3)4/h9,15H,5-8H2,1-4H3. The van der Waals surface area contributed by atoms with Gasteiger partial charge in [0.1, 0.15) is 0 Å². The van der Waals surface area contributed by atoms with Crippen LogP contribution in [0.4, 0.5) is 0 Å². The summed E-state index contributed by atoms with van der Waals surface area (Å²) in [5.41, 5.74) is 0.253. The largest absolute Gasteiger partial charge is 0.312 e. The number of hydrogen-bond acceptors (Lipinski definition) is 2. The number of nitrogens with one attached hydrogen (secondary N) is 1. The van der Waals surface area contributed by atoms with E-state index in [2.05, 4.69) is 55.0 Å². The van der Waals surface area contributed by atoms with Gasteiger partial charge in [0.05, 0.1) is 0 Å². The third-order valence-electron chi connectivity index (χ3n) is 2.41. The molecule has 0 fully saturated rings. The summed E-state index contributed by atoms with van der Waals surface area (Å²) in [7, 11) is 0. The van der Waals surface area contributed by atoms with Crippen LogP contribution in [-0.4, -0.2) is 12.1 Å². The highest BCUT2D eigenvalue weighted by Gasteiger charge is 2.07. The van der Waals surface area contributed by atoms with Crippen molar-refractivity contribution in [1.82, 2.24) is 5.32 Å². The molecule has 1 nitrogen and oxygen atoms in total. The minimum Gasteiger partial charge on any atom is -0.312 e. The molecule has 1 rings (SSSR count). The summed E-state index contributed by atoms with van der Waals surface area (Å²) < 4.78 is 1.26. The number of hydrogen-bond donors (Lipinski definition) is 1. The zero-order valence-corrected chi connectivity index (χ0v) is 13.1. The van der Waals surface area contributed by atoms with Crippen LogP contribution < -0.4 is 5.32 Å². The zero-order chi connectivity index (χ0) is 12.2. The summed E-state index contributed by atoms with van der Waals surface area (Å²) in [5, 5.41) is 3.52. The van der Waals surface area contributed by atoms with Crippen LogP contribution in [0.2, 0.25) is 0 Å². The van der Waals surface area contributed by atoms with Crippen LogP contribution in [0.1, 0.15) is 43.4 Å². The van der Waals surface area contributed by atoms with Crippen molar-refractivity contribution >= 4 is 27.3 Å². The van der Waals surface area contributed by atoms with Crippen LogP contribution in [-0.2, 0) is 6.42 Å². The van der Waals surface area contributed by atoms with Gasteiger partial charge in [-0.05, 0) is 75.5 Å². The van der Waals surface area contributed by atoms with Gasteiger partial charge in [-0.15, -0.1) is 11.3 Å². The first kappa shape index (κ1) is 14.2. The molecule has 16 heavy (non-hydrogen) atoms. The van der Waals surface area contributed by atoms with Crippen molar-refractivity contribution < 1.29 is 0 Å². The van der Waals surface area contributed by atoms with Gasteiger partial charge in [0, 0.05) is 19.8 Å². The van der Waals surface area contributed by atoms with Crippen molar-refractivity contribution in [2.45, 2.75) is 52.5 Å². The Bertz CT molecular complexity index is 306. The molecular formula is C13H22BrNS. The predicted octanol–water partition coefficient (Wildman–Crippen LogP) is 4.53.